The van der Waals surface area contributed by atoms with Crippen molar-refractivity contribution in [2.45, 2.75) is 57.6 Å². The van der Waals surface area contributed by atoms with Gasteiger partial charge in [-0.1, -0.05) is 11.3 Å². The van der Waals surface area contributed by atoms with E-state index in [4.69, 9.17) is 9.47 Å². The summed E-state index contributed by atoms with van der Waals surface area (Å²) >= 11 is 0. The van der Waals surface area contributed by atoms with Crippen molar-refractivity contribution in [3.63, 3.8) is 0 Å². The monoisotopic (exact) mass is 603 g/mol. The largest absolute Gasteiger partial charge is 0.495 e. The number of alkyl halides is 2. The van der Waals surface area contributed by atoms with Gasteiger partial charge in [-0.2, -0.15) is 0 Å². The van der Waals surface area contributed by atoms with Gasteiger partial charge in [-0.3, -0.25) is 18.8 Å². The van der Waals surface area contributed by atoms with Gasteiger partial charge >= 0.3 is 0 Å². The lowest BCUT2D eigenvalue weighted by atomic mass is 9.92. The second-order valence-electron chi connectivity index (χ2n) is 11.6. The van der Waals surface area contributed by atoms with Crippen LogP contribution in [0.1, 0.15) is 48.0 Å². The third-order valence-electron chi connectivity index (χ3n) is 8.49. The molecule has 4 aromatic rings. The first kappa shape index (κ1) is 29.5. The number of ether oxygens (including phenoxy) is 2. The molecule has 1 saturated heterocycles. The van der Waals surface area contributed by atoms with Gasteiger partial charge in [0.2, 0.25) is 0 Å². The number of nitrogens with zero attached hydrogens (tertiary/aromatic N) is 5. The fourth-order valence-electron chi connectivity index (χ4n) is 6.01. The summed E-state index contributed by atoms with van der Waals surface area (Å²) in [6, 6.07) is 15.6. The molecule has 0 bridgehead atoms. The van der Waals surface area contributed by atoms with Crippen molar-refractivity contribution in [2.75, 3.05) is 20.2 Å². The average molecular weight is 604 g/mol. The highest BCUT2D eigenvalue weighted by Crippen LogP contribution is 2.35. The number of rotatable bonds is 8. The third-order valence-corrected chi connectivity index (χ3v) is 8.49. The van der Waals surface area contributed by atoms with E-state index in [0.29, 0.717) is 17.1 Å². The summed E-state index contributed by atoms with van der Waals surface area (Å²) < 4.78 is 45.0. The number of hydrogen-bond donors (Lipinski definition) is 0. The second kappa shape index (κ2) is 12.2. The zero-order chi connectivity index (χ0) is 30.8. The summed E-state index contributed by atoms with van der Waals surface area (Å²) in [6.07, 6.45) is 7.95. The molecule has 3 heterocycles. The number of amides is 1. The molecule has 230 valence electrons. The minimum Gasteiger partial charge on any atom is -0.495 e. The molecule has 1 amide bonds. The maximum absolute atomic E-state index is 15.4. The smallest absolute Gasteiger partial charge is 0.269 e. The number of likely N-dealkylation sites (tertiary alicyclic amines) is 1. The second-order valence-corrected chi connectivity index (χ2v) is 11.6. The Balaban J connectivity index is 1.11. The molecule has 1 atom stereocenters. The van der Waals surface area contributed by atoms with Crippen molar-refractivity contribution in [3.05, 3.63) is 88.5 Å². The van der Waals surface area contributed by atoms with Crippen LogP contribution in [0.3, 0.4) is 0 Å². The van der Waals surface area contributed by atoms with Gasteiger partial charge in [0, 0.05) is 30.3 Å². The van der Waals surface area contributed by atoms with Crippen molar-refractivity contribution in [1.82, 2.24) is 24.5 Å². The highest BCUT2D eigenvalue weighted by molar-refractivity contribution is 5.94. The Hall–Kier alpha value is -4.54. The van der Waals surface area contributed by atoms with Crippen molar-refractivity contribution in [1.29, 1.82) is 0 Å². The molecule has 0 radical (unpaired) electrons. The van der Waals surface area contributed by atoms with Gasteiger partial charge in [-0.15, -0.1) is 5.10 Å². The number of benzene rings is 2. The van der Waals surface area contributed by atoms with E-state index in [9.17, 15) is 9.59 Å². The van der Waals surface area contributed by atoms with E-state index in [1.165, 1.54) is 47.5 Å². The molecule has 2 fully saturated rings. The fourth-order valence-corrected chi connectivity index (χ4v) is 6.01. The van der Waals surface area contributed by atoms with E-state index in [-0.39, 0.29) is 36.7 Å². The summed E-state index contributed by atoms with van der Waals surface area (Å²) in [7, 11) is 1.49. The topological polar surface area (TPSA) is 91.5 Å². The van der Waals surface area contributed by atoms with Crippen molar-refractivity contribution in [3.8, 4) is 28.4 Å². The van der Waals surface area contributed by atoms with Crippen LogP contribution in [0.25, 0.3) is 16.9 Å². The van der Waals surface area contributed by atoms with E-state index < -0.39 is 24.3 Å². The molecule has 1 aliphatic heterocycles. The Morgan fingerprint density at radius 1 is 1.02 bits per heavy atom. The summed E-state index contributed by atoms with van der Waals surface area (Å²) in [5.41, 5.74) is 2.56. The van der Waals surface area contributed by atoms with Crippen molar-refractivity contribution in [2.24, 2.45) is 5.92 Å². The van der Waals surface area contributed by atoms with Gasteiger partial charge in [-0.05, 0) is 87.1 Å². The third kappa shape index (κ3) is 6.22. The predicted octanol–water partition coefficient (Wildman–Crippen LogP) is 5.53. The van der Waals surface area contributed by atoms with Crippen LogP contribution in [0.15, 0.2) is 71.8 Å². The van der Waals surface area contributed by atoms with E-state index in [0.717, 1.165) is 34.6 Å². The zero-order valence-corrected chi connectivity index (χ0v) is 24.8. The molecule has 0 N–H and O–H groups in total. The minimum absolute atomic E-state index is 0.0249. The average Bonchev–Trinajstić information content (AvgIpc) is 3.71. The zero-order valence-electron chi connectivity index (χ0n) is 24.8. The van der Waals surface area contributed by atoms with Crippen molar-refractivity contribution >= 4 is 5.91 Å². The van der Waals surface area contributed by atoms with Crippen LogP contribution in [-0.4, -0.2) is 62.6 Å². The number of piperidine rings is 1. The Morgan fingerprint density at radius 3 is 2.52 bits per heavy atom. The fraction of sp³-hybridized carbons (Fsp3) is 0.394. The maximum atomic E-state index is 15.4. The lowest BCUT2D eigenvalue weighted by Gasteiger charge is -2.38. The molecule has 2 aliphatic rings. The van der Waals surface area contributed by atoms with E-state index >= 15 is 8.78 Å². The quantitative estimate of drug-likeness (QED) is 0.263. The van der Waals surface area contributed by atoms with Gasteiger partial charge in [0.05, 0.1) is 43.8 Å². The molecule has 44 heavy (non-hydrogen) atoms. The SMILES string of the molecule is COc1ccc(C)cc1-n1cc(C(=O)N2CCC(Cn3cc(-c4ccc(OC5CCCC5)cc4)nn3)C(F)(F)C2)ccc1=O. The molecule has 2 aromatic carbocycles. The number of carbonyl (C=O) groups is 1. The number of pyridine rings is 1. The number of aryl methyl sites for hydroxylation is 1. The highest BCUT2D eigenvalue weighted by Gasteiger charge is 2.46. The molecular weight excluding hydrogens is 568 g/mol. The molecule has 6 rings (SSSR count). The Labute approximate surface area is 254 Å². The molecule has 1 aliphatic carbocycles. The summed E-state index contributed by atoms with van der Waals surface area (Å²) in [5.74, 6) is -3.47. The van der Waals surface area contributed by atoms with E-state index in [2.05, 4.69) is 10.3 Å². The lowest BCUT2D eigenvalue weighted by Crippen LogP contribution is -2.51. The van der Waals surface area contributed by atoms with Gasteiger partial charge in [0.1, 0.15) is 17.2 Å². The first-order chi connectivity index (χ1) is 21.2. The van der Waals surface area contributed by atoms with Crippen LogP contribution >= 0.6 is 0 Å². The molecule has 0 spiro atoms. The van der Waals surface area contributed by atoms with E-state index in [1.54, 1.807) is 18.3 Å². The van der Waals surface area contributed by atoms with Crippen LogP contribution < -0.4 is 15.0 Å². The number of hydrogen-bond acceptors (Lipinski definition) is 6. The summed E-state index contributed by atoms with van der Waals surface area (Å²) in [6.45, 7) is 1.27. The molecule has 11 heteroatoms. The lowest BCUT2D eigenvalue weighted by molar-refractivity contribution is -0.108. The highest BCUT2D eigenvalue weighted by atomic mass is 19.3. The Bertz CT molecular complexity index is 1700. The maximum Gasteiger partial charge on any atom is 0.269 e. The molecule has 1 saturated carbocycles. The van der Waals surface area contributed by atoms with Crippen LogP contribution in [0, 0.1) is 12.8 Å². The summed E-state index contributed by atoms with van der Waals surface area (Å²) in [4.78, 5) is 27.2. The minimum atomic E-state index is -3.15. The van der Waals surface area contributed by atoms with Crippen LogP contribution in [0.5, 0.6) is 11.5 Å². The van der Waals surface area contributed by atoms with Crippen molar-refractivity contribution < 1.29 is 23.0 Å². The molecular formula is C33H35F2N5O4. The van der Waals surface area contributed by atoms with E-state index in [1.807, 2.05) is 37.3 Å². The number of aromatic nitrogens is 4. The number of halogens is 2. The Kier molecular flexibility index (Phi) is 8.20. The first-order valence-corrected chi connectivity index (χ1v) is 14.9. The predicted molar refractivity (Wildman–Crippen MR) is 161 cm³/mol. The van der Waals surface area contributed by atoms with Gasteiger partial charge in [0.15, 0.2) is 0 Å². The standard InChI is InChI=1S/C33H35F2N5O4/c1-22-7-13-30(43-2)29(17-22)40-18-24(10-14-31(40)41)32(42)38-16-15-25(33(34,35)21-38)19-39-20-28(36-37-39)23-8-11-27(12-9-23)44-26-5-3-4-6-26/h7-14,17-18,20,25-26H,3-6,15-16,19,21H2,1-2H3. The first-order valence-electron chi connectivity index (χ1n) is 14.9. The van der Waals surface area contributed by atoms with Crippen LogP contribution in [0.2, 0.25) is 0 Å². The van der Waals surface area contributed by atoms with Gasteiger partial charge in [-0.25, -0.2) is 8.78 Å². The summed E-state index contributed by atoms with van der Waals surface area (Å²) in [5, 5.41) is 8.30. The number of carbonyl (C=O) groups excluding carboxylic acids is 1. The van der Waals surface area contributed by atoms with Crippen LogP contribution in [-0.2, 0) is 6.54 Å². The van der Waals surface area contributed by atoms with Crippen LogP contribution in [0.4, 0.5) is 8.78 Å². The molecule has 2 aromatic heterocycles. The normalized spacial score (nSPS) is 18.4. The Morgan fingerprint density at radius 2 is 1.80 bits per heavy atom. The van der Waals surface area contributed by atoms with Gasteiger partial charge in [0.25, 0.3) is 17.4 Å². The molecule has 9 nitrogen and oxygen atoms in total. The van der Waals surface area contributed by atoms with Gasteiger partial charge < -0.3 is 14.4 Å². The molecule has 1 unspecified atom stereocenters. The number of methoxy groups -OCH3 is 1.